The van der Waals surface area contributed by atoms with E-state index in [4.69, 9.17) is 0 Å². The molecule has 0 fully saturated rings. The number of aliphatic carboxylic acids is 1. The van der Waals surface area contributed by atoms with Gasteiger partial charge in [0.15, 0.2) is 0 Å². The van der Waals surface area contributed by atoms with Crippen molar-refractivity contribution in [3.63, 3.8) is 0 Å². The van der Waals surface area contributed by atoms with E-state index in [1.54, 1.807) is 6.92 Å². The zero-order valence-corrected chi connectivity index (χ0v) is 11.5. The minimum Gasteiger partial charge on any atom is -0.480 e. The fourth-order valence-electron chi connectivity index (χ4n) is 1.88. The highest BCUT2D eigenvalue weighted by Crippen LogP contribution is 2.07. The Balaban J connectivity index is 2.03. The second-order valence-corrected chi connectivity index (χ2v) is 4.64. The van der Waals surface area contributed by atoms with Crippen LogP contribution in [0.4, 0.5) is 0 Å². The van der Waals surface area contributed by atoms with E-state index in [1.807, 2.05) is 30.3 Å². The van der Waals surface area contributed by atoms with Crippen LogP contribution in [-0.2, 0) is 16.0 Å². The van der Waals surface area contributed by atoms with Crippen molar-refractivity contribution in [2.24, 2.45) is 0 Å². The Kier molecular flexibility index (Phi) is 4.65. The first-order chi connectivity index (χ1) is 10.1. The number of carbonyl (C=O) groups excluding carboxylic acids is 1. The van der Waals surface area contributed by atoms with E-state index >= 15 is 0 Å². The molecule has 7 heteroatoms. The van der Waals surface area contributed by atoms with Gasteiger partial charge in [-0.15, -0.1) is 0 Å². The maximum Gasteiger partial charge on any atom is 0.326 e. The Morgan fingerprint density at radius 3 is 2.62 bits per heavy atom. The van der Waals surface area contributed by atoms with Crippen LogP contribution >= 0.6 is 0 Å². The molecule has 2 unspecified atom stereocenters. The molecule has 1 heterocycles. The van der Waals surface area contributed by atoms with Gasteiger partial charge < -0.3 is 10.4 Å². The number of carboxylic acids is 1. The molecular formula is C14H16N4O3. The Hall–Kier alpha value is -2.70. The molecule has 0 saturated heterocycles. The predicted octanol–water partition coefficient (Wildman–Crippen LogP) is 0.651. The number of hydrogen-bond donors (Lipinski definition) is 2. The molecule has 2 N–H and O–H groups in total. The Morgan fingerprint density at radius 2 is 2.05 bits per heavy atom. The fourth-order valence-corrected chi connectivity index (χ4v) is 1.88. The first kappa shape index (κ1) is 14.7. The van der Waals surface area contributed by atoms with E-state index in [9.17, 15) is 14.7 Å². The molecule has 0 radical (unpaired) electrons. The van der Waals surface area contributed by atoms with Crippen LogP contribution in [0.5, 0.6) is 0 Å². The summed E-state index contributed by atoms with van der Waals surface area (Å²) in [6, 6.07) is 7.55. The molecule has 0 aliphatic rings. The van der Waals surface area contributed by atoms with Crippen molar-refractivity contribution < 1.29 is 14.7 Å². The van der Waals surface area contributed by atoms with Gasteiger partial charge in [-0.1, -0.05) is 30.3 Å². The van der Waals surface area contributed by atoms with Crippen LogP contribution in [0.25, 0.3) is 0 Å². The lowest BCUT2D eigenvalue weighted by Gasteiger charge is -2.18. The Morgan fingerprint density at radius 1 is 1.33 bits per heavy atom. The molecule has 7 nitrogen and oxygen atoms in total. The van der Waals surface area contributed by atoms with Gasteiger partial charge in [0, 0.05) is 6.42 Å². The summed E-state index contributed by atoms with van der Waals surface area (Å²) in [6.45, 7) is 1.63. The Bertz CT molecular complexity index is 598. The summed E-state index contributed by atoms with van der Waals surface area (Å²) < 4.78 is 1.37. The lowest BCUT2D eigenvalue weighted by atomic mass is 10.1. The van der Waals surface area contributed by atoms with Crippen LogP contribution in [0, 0.1) is 0 Å². The summed E-state index contributed by atoms with van der Waals surface area (Å²) in [5, 5.41) is 15.6. The van der Waals surface area contributed by atoms with Gasteiger partial charge in [-0.2, -0.15) is 5.10 Å². The topological polar surface area (TPSA) is 97.1 Å². The van der Waals surface area contributed by atoms with E-state index < -0.39 is 24.0 Å². The van der Waals surface area contributed by atoms with Crippen molar-refractivity contribution >= 4 is 11.9 Å². The van der Waals surface area contributed by atoms with Gasteiger partial charge in [-0.3, -0.25) is 4.79 Å². The SMILES string of the molecule is CC(C(=O)NC(Cc1ccccc1)C(=O)O)n1cncn1. The van der Waals surface area contributed by atoms with Gasteiger partial charge in [-0.05, 0) is 12.5 Å². The largest absolute Gasteiger partial charge is 0.480 e. The van der Waals surface area contributed by atoms with E-state index in [1.165, 1.54) is 17.3 Å². The highest BCUT2D eigenvalue weighted by Gasteiger charge is 2.24. The zero-order chi connectivity index (χ0) is 15.2. The summed E-state index contributed by atoms with van der Waals surface area (Å²) in [7, 11) is 0. The number of benzene rings is 1. The van der Waals surface area contributed by atoms with Gasteiger partial charge in [0.25, 0.3) is 0 Å². The van der Waals surface area contributed by atoms with Crippen molar-refractivity contribution in [2.75, 3.05) is 0 Å². The maximum absolute atomic E-state index is 12.1. The molecule has 1 aromatic carbocycles. The number of nitrogens with zero attached hydrogens (tertiary/aromatic N) is 3. The lowest BCUT2D eigenvalue weighted by molar-refractivity contribution is -0.142. The number of rotatable bonds is 6. The molecule has 0 saturated carbocycles. The van der Waals surface area contributed by atoms with Crippen molar-refractivity contribution in [1.82, 2.24) is 20.1 Å². The van der Waals surface area contributed by atoms with Crippen molar-refractivity contribution in [3.8, 4) is 0 Å². The molecule has 1 aromatic heterocycles. The third kappa shape index (κ3) is 3.88. The third-order valence-corrected chi connectivity index (χ3v) is 3.11. The number of aromatic nitrogens is 3. The average molecular weight is 288 g/mol. The lowest BCUT2D eigenvalue weighted by Crippen LogP contribution is -2.45. The monoisotopic (exact) mass is 288 g/mol. The number of carboxylic acid groups (broad SMARTS) is 1. The van der Waals surface area contributed by atoms with Crippen LogP contribution in [0.1, 0.15) is 18.5 Å². The van der Waals surface area contributed by atoms with E-state index in [0.29, 0.717) is 0 Å². The molecular weight excluding hydrogens is 272 g/mol. The first-order valence-electron chi connectivity index (χ1n) is 6.49. The number of carbonyl (C=O) groups is 2. The number of amides is 1. The van der Waals surface area contributed by atoms with E-state index in [0.717, 1.165) is 5.56 Å². The molecule has 0 aliphatic carbocycles. The third-order valence-electron chi connectivity index (χ3n) is 3.11. The number of hydrogen-bond acceptors (Lipinski definition) is 4. The second-order valence-electron chi connectivity index (χ2n) is 4.64. The smallest absolute Gasteiger partial charge is 0.326 e. The zero-order valence-electron chi connectivity index (χ0n) is 11.5. The van der Waals surface area contributed by atoms with Gasteiger partial charge in [0.05, 0.1) is 0 Å². The molecule has 1 amide bonds. The van der Waals surface area contributed by atoms with Gasteiger partial charge in [0.1, 0.15) is 24.7 Å². The molecule has 0 aliphatic heterocycles. The molecule has 0 bridgehead atoms. The van der Waals surface area contributed by atoms with Crippen molar-refractivity contribution in [2.45, 2.75) is 25.4 Å². The van der Waals surface area contributed by atoms with Crippen LogP contribution in [-0.4, -0.2) is 37.8 Å². The average Bonchev–Trinajstić information content (AvgIpc) is 3.00. The summed E-state index contributed by atoms with van der Waals surface area (Å²) in [5.74, 6) is -1.48. The summed E-state index contributed by atoms with van der Waals surface area (Å²) in [4.78, 5) is 27.1. The van der Waals surface area contributed by atoms with Gasteiger partial charge in [-0.25, -0.2) is 14.5 Å². The molecule has 2 rings (SSSR count). The fraction of sp³-hybridized carbons (Fsp3) is 0.286. The maximum atomic E-state index is 12.1. The van der Waals surface area contributed by atoms with Gasteiger partial charge >= 0.3 is 5.97 Å². The molecule has 2 aromatic rings. The number of nitrogens with one attached hydrogen (secondary N) is 1. The van der Waals surface area contributed by atoms with Crippen LogP contribution in [0.2, 0.25) is 0 Å². The van der Waals surface area contributed by atoms with Crippen LogP contribution in [0.15, 0.2) is 43.0 Å². The molecule has 110 valence electrons. The quantitative estimate of drug-likeness (QED) is 0.813. The molecule has 21 heavy (non-hydrogen) atoms. The van der Waals surface area contributed by atoms with E-state index in [-0.39, 0.29) is 6.42 Å². The highest BCUT2D eigenvalue weighted by atomic mass is 16.4. The van der Waals surface area contributed by atoms with Crippen molar-refractivity contribution in [3.05, 3.63) is 48.5 Å². The van der Waals surface area contributed by atoms with Gasteiger partial charge in [0.2, 0.25) is 5.91 Å². The second kappa shape index (κ2) is 6.65. The normalized spacial score (nSPS) is 13.4. The first-order valence-corrected chi connectivity index (χ1v) is 6.49. The summed E-state index contributed by atoms with van der Waals surface area (Å²) >= 11 is 0. The summed E-state index contributed by atoms with van der Waals surface area (Å²) in [5.41, 5.74) is 0.846. The predicted molar refractivity (Wildman–Crippen MR) is 74.4 cm³/mol. The van der Waals surface area contributed by atoms with Crippen molar-refractivity contribution in [1.29, 1.82) is 0 Å². The molecule has 2 atom stereocenters. The van der Waals surface area contributed by atoms with E-state index in [2.05, 4.69) is 15.4 Å². The molecule has 0 spiro atoms. The Labute approximate surface area is 121 Å². The standard InChI is InChI=1S/C14H16N4O3/c1-10(18-9-15-8-16-18)13(19)17-12(14(20)21)7-11-5-3-2-4-6-11/h2-6,8-10,12H,7H2,1H3,(H,17,19)(H,20,21). The van der Waals surface area contributed by atoms with Crippen LogP contribution < -0.4 is 5.32 Å². The van der Waals surface area contributed by atoms with Crippen LogP contribution in [0.3, 0.4) is 0 Å². The highest BCUT2D eigenvalue weighted by molar-refractivity contribution is 5.85. The minimum atomic E-state index is -1.07. The summed E-state index contributed by atoms with van der Waals surface area (Å²) in [6.07, 6.45) is 2.96. The minimum absolute atomic E-state index is 0.228.